The minimum Gasteiger partial charge on any atom is -0.507 e. The molecule has 0 atom stereocenters. The molecule has 0 heterocycles. The first kappa shape index (κ1) is 8.53. The molecule has 0 bridgehead atoms. The number of hydrogen-bond acceptors (Lipinski definition) is 3. The highest BCUT2D eigenvalue weighted by molar-refractivity contribution is 5.46. The fourth-order valence-corrected chi connectivity index (χ4v) is 1.52. The summed E-state index contributed by atoms with van der Waals surface area (Å²) in [7, 11) is 0. The van der Waals surface area contributed by atoms with Gasteiger partial charge in [0.2, 0.25) is 0 Å². The van der Waals surface area contributed by atoms with Crippen molar-refractivity contribution in [1.82, 2.24) is 0 Å². The Kier molecular flexibility index (Phi) is 1.78. The third-order valence-corrected chi connectivity index (χ3v) is 2.62. The van der Waals surface area contributed by atoms with Gasteiger partial charge in [-0.2, -0.15) is 0 Å². The number of para-hydroxylation sites is 1. The second-order valence-electron chi connectivity index (χ2n) is 3.63. The van der Waals surface area contributed by atoms with Crippen LogP contribution in [-0.4, -0.2) is 10.2 Å². The molecule has 0 unspecified atom stereocenters. The molecule has 0 aliphatic heterocycles. The number of nitrogens with two attached hydrogens (primary N) is 1. The number of aromatic hydroxyl groups is 1. The molecule has 1 aromatic carbocycles. The summed E-state index contributed by atoms with van der Waals surface area (Å²) in [4.78, 5) is 0. The van der Waals surface area contributed by atoms with E-state index in [0.29, 0.717) is 5.56 Å². The van der Waals surface area contributed by atoms with E-state index in [1.165, 1.54) is 0 Å². The van der Waals surface area contributed by atoms with Crippen molar-refractivity contribution in [3.63, 3.8) is 0 Å². The summed E-state index contributed by atoms with van der Waals surface area (Å²) in [5, 5.41) is 18.7. The van der Waals surface area contributed by atoms with Crippen LogP contribution >= 0.6 is 0 Å². The Bertz CT molecular complexity index is 332. The van der Waals surface area contributed by atoms with Gasteiger partial charge in [-0.1, -0.05) is 18.2 Å². The number of hydrogen-bond donors (Lipinski definition) is 3. The van der Waals surface area contributed by atoms with E-state index in [2.05, 4.69) is 0 Å². The minimum absolute atomic E-state index is 0.143. The molecule has 1 aliphatic rings. The second kappa shape index (κ2) is 2.72. The maximum absolute atomic E-state index is 9.72. The molecule has 1 saturated carbocycles. The predicted octanol–water partition coefficient (Wildman–Crippen LogP) is 0.832. The van der Waals surface area contributed by atoms with Gasteiger partial charge in [-0.3, -0.25) is 0 Å². The van der Waals surface area contributed by atoms with Crippen LogP contribution in [0.25, 0.3) is 0 Å². The molecule has 0 aromatic heterocycles. The number of phenols is 1. The monoisotopic (exact) mass is 179 g/mol. The van der Waals surface area contributed by atoms with E-state index in [-0.39, 0.29) is 17.9 Å². The highest BCUT2D eigenvalue weighted by Gasteiger charge is 2.42. The molecule has 1 aromatic rings. The zero-order valence-electron chi connectivity index (χ0n) is 7.33. The minimum atomic E-state index is -0.338. The van der Waals surface area contributed by atoms with Crippen molar-refractivity contribution in [3.8, 4) is 5.75 Å². The van der Waals surface area contributed by atoms with Crippen molar-refractivity contribution < 1.29 is 10.2 Å². The molecular formula is C10H13NO2. The van der Waals surface area contributed by atoms with Crippen LogP contribution in [0.3, 0.4) is 0 Å². The van der Waals surface area contributed by atoms with Crippen LogP contribution in [0.5, 0.6) is 5.75 Å². The molecule has 3 nitrogen and oxygen atoms in total. The van der Waals surface area contributed by atoms with E-state index in [4.69, 9.17) is 10.8 Å². The molecule has 1 aliphatic carbocycles. The molecule has 0 spiro atoms. The smallest absolute Gasteiger partial charge is 0.126 e. The van der Waals surface area contributed by atoms with Gasteiger partial charge >= 0.3 is 0 Å². The standard InChI is InChI=1S/C10H13NO2/c11-10(4-5-10)8-3-1-2-7(6-12)9(8)13/h1-3,12-13H,4-6,11H2. The summed E-state index contributed by atoms with van der Waals surface area (Å²) in [6.45, 7) is -0.143. The van der Waals surface area contributed by atoms with Gasteiger partial charge in [0.1, 0.15) is 5.75 Å². The van der Waals surface area contributed by atoms with Gasteiger partial charge in [-0.25, -0.2) is 0 Å². The van der Waals surface area contributed by atoms with Crippen molar-refractivity contribution in [3.05, 3.63) is 29.3 Å². The van der Waals surface area contributed by atoms with Crippen LogP contribution in [0.15, 0.2) is 18.2 Å². The van der Waals surface area contributed by atoms with Gasteiger partial charge in [0, 0.05) is 16.7 Å². The van der Waals surface area contributed by atoms with Crippen molar-refractivity contribution in [2.24, 2.45) is 5.73 Å². The molecule has 2 rings (SSSR count). The number of benzene rings is 1. The van der Waals surface area contributed by atoms with Gasteiger partial charge in [0.25, 0.3) is 0 Å². The van der Waals surface area contributed by atoms with Crippen LogP contribution < -0.4 is 5.73 Å². The zero-order valence-corrected chi connectivity index (χ0v) is 7.33. The van der Waals surface area contributed by atoms with E-state index in [1.54, 1.807) is 6.07 Å². The lowest BCUT2D eigenvalue weighted by Crippen LogP contribution is -2.19. The summed E-state index contributed by atoms with van der Waals surface area (Å²) >= 11 is 0. The SMILES string of the molecule is NC1(c2cccc(CO)c2O)CC1. The third-order valence-electron chi connectivity index (χ3n) is 2.62. The van der Waals surface area contributed by atoms with Gasteiger partial charge in [-0.05, 0) is 12.8 Å². The molecule has 3 heteroatoms. The van der Waals surface area contributed by atoms with Crippen LogP contribution in [0.4, 0.5) is 0 Å². The summed E-state index contributed by atoms with van der Waals surface area (Å²) in [6, 6.07) is 5.33. The summed E-state index contributed by atoms with van der Waals surface area (Å²) < 4.78 is 0. The van der Waals surface area contributed by atoms with E-state index >= 15 is 0 Å². The normalized spacial score (nSPS) is 18.6. The van der Waals surface area contributed by atoms with Gasteiger partial charge < -0.3 is 15.9 Å². The lowest BCUT2D eigenvalue weighted by Gasteiger charge is -2.13. The molecular weight excluding hydrogens is 166 g/mol. The quantitative estimate of drug-likeness (QED) is 0.630. The first-order valence-electron chi connectivity index (χ1n) is 4.38. The van der Waals surface area contributed by atoms with Crippen molar-refractivity contribution >= 4 is 0 Å². The molecule has 0 saturated heterocycles. The Morgan fingerprint density at radius 1 is 1.38 bits per heavy atom. The average molecular weight is 179 g/mol. The zero-order chi connectivity index (χ0) is 9.47. The van der Waals surface area contributed by atoms with Crippen LogP contribution in [0.1, 0.15) is 24.0 Å². The topological polar surface area (TPSA) is 66.5 Å². The Balaban J connectivity index is 2.46. The van der Waals surface area contributed by atoms with Crippen molar-refractivity contribution in [1.29, 1.82) is 0 Å². The van der Waals surface area contributed by atoms with Gasteiger partial charge in [0.15, 0.2) is 0 Å². The first-order valence-corrected chi connectivity index (χ1v) is 4.38. The average Bonchev–Trinajstić information content (AvgIpc) is 2.85. The van der Waals surface area contributed by atoms with E-state index in [1.807, 2.05) is 12.1 Å². The highest BCUT2D eigenvalue weighted by Crippen LogP contribution is 2.46. The number of aliphatic hydroxyl groups is 1. The number of rotatable bonds is 2. The van der Waals surface area contributed by atoms with Gasteiger partial charge in [-0.15, -0.1) is 0 Å². The summed E-state index contributed by atoms with van der Waals surface area (Å²) in [5.74, 6) is 0.157. The Morgan fingerprint density at radius 2 is 2.08 bits per heavy atom. The Hall–Kier alpha value is -1.06. The fourth-order valence-electron chi connectivity index (χ4n) is 1.52. The molecule has 1 fully saturated rings. The third kappa shape index (κ3) is 1.30. The highest BCUT2D eigenvalue weighted by atomic mass is 16.3. The van der Waals surface area contributed by atoms with E-state index < -0.39 is 0 Å². The molecule has 70 valence electrons. The molecule has 0 amide bonds. The van der Waals surface area contributed by atoms with E-state index in [0.717, 1.165) is 18.4 Å². The molecule has 13 heavy (non-hydrogen) atoms. The molecule has 0 radical (unpaired) electrons. The number of aliphatic hydroxyl groups excluding tert-OH is 1. The van der Waals surface area contributed by atoms with E-state index in [9.17, 15) is 5.11 Å². The largest absolute Gasteiger partial charge is 0.507 e. The fraction of sp³-hybridized carbons (Fsp3) is 0.400. The Labute approximate surface area is 76.8 Å². The lowest BCUT2D eigenvalue weighted by atomic mass is 10.0. The lowest BCUT2D eigenvalue weighted by molar-refractivity contribution is 0.275. The van der Waals surface area contributed by atoms with Gasteiger partial charge in [0.05, 0.1) is 6.61 Å². The Morgan fingerprint density at radius 3 is 2.62 bits per heavy atom. The van der Waals surface area contributed by atoms with Crippen molar-refractivity contribution in [2.75, 3.05) is 0 Å². The first-order chi connectivity index (χ1) is 6.17. The maximum atomic E-state index is 9.72. The van der Waals surface area contributed by atoms with Crippen LogP contribution in [0, 0.1) is 0 Å². The van der Waals surface area contributed by atoms with Crippen LogP contribution in [0.2, 0.25) is 0 Å². The molecule has 4 N–H and O–H groups in total. The predicted molar refractivity (Wildman–Crippen MR) is 49.1 cm³/mol. The summed E-state index contributed by atoms with van der Waals surface area (Å²) in [6.07, 6.45) is 1.82. The van der Waals surface area contributed by atoms with Crippen LogP contribution in [-0.2, 0) is 12.1 Å². The second-order valence-corrected chi connectivity index (χ2v) is 3.63. The summed E-state index contributed by atoms with van der Waals surface area (Å²) in [5.41, 5.74) is 6.93. The maximum Gasteiger partial charge on any atom is 0.126 e. The van der Waals surface area contributed by atoms with Crippen molar-refractivity contribution in [2.45, 2.75) is 25.0 Å².